The van der Waals surface area contributed by atoms with Crippen LogP contribution in [0.25, 0.3) is 0 Å². The van der Waals surface area contributed by atoms with Gasteiger partial charge in [0.15, 0.2) is 0 Å². The van der Waals surface area contributed by atoms with Crippen LogP contribution in [0.4, 0.5) is 4.79 Å². The van der Waals surface area contributed by atoms with Crippen LogP contribution in [0.3, 0.4) is 0 Å². The average molecular weight is 325 g/mol. The second-order valence-electron chi connectivity index (χ2n) is 5.88. The lowest BCUT2D eigenvalue weighted by atomic mass is 10.3. The summed E-state index contributed by atoms with van der Waals surface area (Å²) in [6, 6.07) is 2.05. The Morgan fingerprint density at radius 1 is 1.45 bits per heavy atom. The zero-order valence-electron chi connectivity index (χ0n) is 13.8. The van der Waals surface area contributed by atoms with E-state index in [-0.39, 0.29) is 6.03 Å². The molecule has 0 spiro atoms. The van der Waals surface area contributed by atoms with Gasteiger partial charge in [-0.1, -0.05) is 0 Å². The third-order valence-corrected chi connectivity index (χ3v) is 4.49. The average Bonchev–Trinajstić information content (AvgIpc) is 2.77. The summed E-state index contributed by atoms with van der Waals surface area (Å²) in [5.74, 6) is 1.22. The molecule has 2 rings (SSSR count). The molecule has 2 heterocycles. The number of nitrogens with one attached hydrogen (secondary N) is 1. The second-order valence-corrected chi connectivity index (χ2v) is 6.86. The van der Waals surface area contributed by atoms with Gasteiger partial charge in [0, 0.05) is 33.7 Å². The van der Waals surface area contributed by atoms with Gasteiger partial charge in [-0.05, 0) is 37.5 Å². The van der Waals surface area contributed by atoms with E-state index in [0.29, 0.717) is 6.54 Å². The van der Waals surface area contributed by atoms with Crippen molar-refractivity contribution in [3.8, 4) is 0 Å². The maximum absolute atomic E-state index is 11.6. The van der Waals surface area contributed by atoms with E-state index in [1.165, 1.54) is 22.8 Å². The lowest BCUT2D eigenvalue weighted by Gasteiger charge is -2.18. The molecule has 22 heavy (non-hydrogen) atoms. The highest BCUT2D eigenvalue weighted by molar-refractivity contribution is 7.98. The first-order valence-electron chi connectivity index (χ1n) is 7.82. The Labute approximate surface area is 137 Å². The third-order valence-electron chi connectivity index (χ3n) is 3.79. The van der Waals surface area contributed by atoms with Gasteiger partial charge in [-0.2, -0.15) is 16.9 Å². The topological polar surface area (TPSA) is 53.4 Å². The number of aryl methyl sites for hydroxylation is 1. The molecular weight excluding hydrogens is 298 g/mol. The number of urea groups is 1. The fourth-order valence-corrected chi connectivity index (χ4v) is 3.04. The van der Waals surface area contributed by atoms with Crippen LogP contribution in [0.2, 0.25) is 0 Å². The summed E-state index contributed by atoms with van der Waals surface area (Å²) < 4.78 is 2.10. The Balaban J connectivity index is 1.91. The van der Waals surface area contributed by atoms with Crippen molar-refractivity contribution in [2.75, 3.05) is 39.2 Å². The molecule has 0 saturated carbocycles. The highest BCUT2D eigenvalue weighted by atomic mass is 32.2. The lowest BCUT2D eigenvalue weighted by Crippen LogP contribution is -2.34. The minimum Gasteiger partial charge on any atom is -0.332 e. The summed E-state index contributed by atoms with van der Waals surface area (Å²) >= 11 is 1.91. The van der Waals surface area contributed by atoms with E-state index in [0.717, 1.165) is 38.3 Å². The van der Waals surface area contributed by atoms with Crippen molar-refractivity contribution < 1.29 is 4.79 Å². The van der Waals surface area contributed by atoms with Gasteiger partial charge in [0.25, 0.3) is 0 Å². The van der Waals surface area contributed by atoms with E-state index in [1.54, 1.807) is 14.1 Å². The summed E-state index contributed by atoms with van der Waals surface area (Å²) in [6.45, 7) is 4.71. The zero-order valence-corrected chi connectivity index (χ0v) is 14.7. The molecule has 1 aliphatic rings. The van der Waals surface area contributed by atoms with Crippen molar-refractivity contribution in [3.05, 3.63) is 17.5 Å². The number of aromatic nitrogens is 2. The number of nitrogens with zero attached hydrogens (tertiary/aromatic N) is 4. The molecule has 2 amide bonds. The van der Waals surface area contributed by atoms with E-state index in [9.17, 15) is 4.79 Å². The SMILES string of the molecule is CSCCCN1CCCn2nc(CNC(=O)N(C)C)cc2C1. The quantitative estimate of drug-likeness (QED) is 0.808. The second kappa shape index (κ2) is 8.43. The number of rotatable bonds is 6. The van der Waals surface area contributed by atoms with E-state index in [2.05, 4.69) is 32.3 Å². The predicted molar refractivity (Wildman–Crippen MR) is 91.0 cm³/mol. The van der Waals surface area contributed by atoms with E-state index >= 15 is 0 Å². The molecule has 1 aromatic heterocycles. The van der Waals surface area contributed by atoms with Crippen molar-refractivity contribution in [1.29, 1.82) is 0 Å². The van der Waals surface area contributed by atoms with Crippen molar-refractivity contribution in [3.63, 3.8) is 0 Å². The number of hydrogen-bond donors (Lipinski definition) is 1. The van der Waals surface area contributed by atoms with Crippen LogP contribution >= 0.6 is 11.8 Å². The summed E-state index contributed by atoms with van der Waals surface area (Å²) in [4.78, 5) is 15.6. The molecule has 1 N–H and O–H groups in total. The maximum atomic E-state index is 11.6. The molecule has 0 saturated heterocycles. The van der Waals surface area contributed by atoms with Gasteiger partial charge >= 0.3 is 6.03 Å². The van der Waals surface area contributed by atoms with E-state index < -0.39 is 0 Å². The summed E-state index contributed by atoms with van der Waals surface area (Å²) in [7, 11) is 3.48. The van der Waals surface area contributed by atoms with Gasteiger partial charge in [0.1, 0.15) is 0 Å². The predicted octanol–water partition coefficient (Wildman–Crippen LogP) is 1.61. The van der Waals surface area contributed by atoms with Crippen molar-refractivity contribution in [2.24, 2.45) is 0 Å². The summed E-state index contributed by atoms with van der Waals surface area (Å²) in [5.41, 5.74) is 2.20. The first-order chi connectivity index (χ1) is 10.6. The standard InChI is InChI=1S/C15H27N5OS/c1-18(2)15(21)16-11-13-10-14-12-19(7-5-9-22-3)6-4-8-20(14)17-13/h10H,4-9,11-12H2,1-3H3,(H,16,21). The summed E-state index contributed by atoms with van der Waals surface area (Å²) in [6.07, 6.45) is 4.53. The number of hydrogen-bond acceptors (Lipinski definition) is 4. The molecule has 0 unspecified atom stereocenters. The molecule has 0 atom stereocenters. The largest absolute Gasteiger partial charge is 0.332 e. The Hall–Kier alpha value is -1.21. The number of thioether (sulfide) groups is 1. The lowest BCUT2D eigenvalue weighted by molar-refractivity contribution is 0.217. The van der Waals surface area contributed by atoms with Gasteiger partial charge in [0.2, 0.25) is 0 Å². The molecule has 1 aliphatic heterocycles. The molecule has 1 aromatic rings. The monoisotopic (exact) mass is 325 g/mol. The third kappa shape index (κ3) is 4.91. The first-order valence-corrected chi connectivity index (χ1v) is 9.21. The van der Waals surface area contributed by atoms with Gasteiger partial charge in [-0.15, -0.1) is 0 Å². The maximum Gasteiger partial charge on any atom is 0.317 e. The highest BCUT2D eigenvalue weighted by Crippen LogP contribution is 2.14. The Morgan fingerprint density at radius 2 is 2.27 bits per heavy atom. The van der Waals surface area contributed by atoms with Gasteiger partial charge in [0.05, 0.1) is 17.9 Å². The molecule has 124 valence electrons. The molecular formula is C15H27N5OS. The fourth-order valence-electron chi connectivity index (χ4n) is 2.62. The summed E-state index contributed by atoms with van der Waals surface area (Å²) in [5, 5.41) is 7.50. The number of fused-ring (bicyclic) bond motifs is 1. The molecule has 0 radical (unpaired) electrons. The fraction of sp³-hybridized carbons (Fsp3) is 0.733. The van der Waals surface area contributed by atoms with Crippen molar-refractivity contribution in [2.45, 2.75) is 32.5 Å². The van der Waals surface area contributed by atoms with Crippen LogP contribution in [-0.4, -0.2) is 64.8 Å². The number of amides is 2. The molecule has 0 aliphatic carbocycles. The van der Waals surface area contributed by atoms with Crippen molar-refractivity contribution in [1.82, 2.24) is 24.9 Å². The Kier molecular flexibility index (Phi) is 6.57. The van der Waals surface area contributed by atoms with E-state index in [4.69, 9.17) is 0 Å². The van der Waals surface area contributed by atoms with Gasteiger partial charge < -0.3 is 10.2 Å². The molecule has 0 fully saturated rings. The number of carbonyl (C=O) groups excluding carboxylic acids is 1. The van der Waals surface area contributed by atoms with Gasteiger partial charge in [-0.3, -0.25) is 9.58 Å². The van der Waals surface area contributed by atoms with Crippen LogP contribution in [0.15, 0.2) is 6.07 Å². The minimum atomic E-state index is -0.0816. The van der Waals surface area contributed by atoms with Crippen LogP contribution in [0, 0.1) is 0 Å². The smallest absolute Gasteiger partial charge is 0.317 e. The van der Waals surface area contributed by atoms with Crippen LogP contribution in [0.5, 0.6) is 0 Å². The zero-order chi connectivity index (χ0) is 15.9. The number of carbonyl (C=O) groups is 1. The van der Waals surface area contributed by atoms with Gasteiger partial charge in [-0.25, -0.2) is 4.79 Å². The Bertz CT molecular complexity index is 488. The van der Waals surface area contributed by atoms with E-state index in [1.807, 2.05) is 11.8 Å². The van der Waals surface area contributed by atoms with Crippen LogP contribution in [-0.2, 0) is 19.6 Å². The van der Waals surface area contributed by atoms with Crippen LogP contribution in [0.1, 0.15) is 24.2 Å². The molecule has 0 aromatic carbocycles. The molecule has 6 nitrogen and oxygen atoms in total. The van der Waals surface area contributed by atoms with Crippen molar-refractivity contribution >= 4 is 17.8 Å². The first kappa shape index (κ1) is 17.1. The molecule has 0 bridgehead atoms. The highest BCUT2D eigenvalue weighted by Gasteiger charge is 2.16. The van der Waals surface area contributed by atoms with Crippen LogP contribution < -0.4 is 5.32 Å². The normalized spacial score (nSPS) is 15.2. The molecule has 7 heteroatoms. The Morgan fingerprint density at radius 3 is 3.00 bits per heavy atom. The minimum absolute atomic E-state index is 0.0816.